The van der Waals surface area contributed by atoms with Gasteiger partial charge in [-0.3, -0.25) is 0 Å². The maximum atomic E-state index is 9.69. The molecule has 2 aromatic rings. The van der Waals surface area contributed by atoms with Crippen LogP contribution >= 0.6 is 0 Å². The van der Waals surface area contributed by atoms with Crippen LogP contribution in [0, 0.1) is 16.7 Å². The number of benzene rings is 1. The summed E-state index contributed by atoms with van der Waals surface area (Å²) >= 11 is 0. The molecule has 0 unspecified atom stereocenters. The highest BCUT2D eigenvalue weighted by Gasteiger charge is 2.35. The van der Waals surface area contributed by atoms with E-state index in [1.807, 2.05) is 12.4 Å². The maximum Gasteiger partial charge on any atom is 0.159 e. The van der Waals surface area contributed by atoms with Gasteiger partial charge in [-0.1, -0.05) is 57.4 Å². The van der Waals surface area contributed by atoms with E-state index < -0.39 is 0 Å². The first-order valence-electron chi connectivity index (χ1n) is 11.0. The molecule has 0 N–H and O–H groups in total. The second kappa shape index (κ2) is 9.82. The van der Waals surface area contributed by atoms with Crippen molar-refractivity contribution >= 4 is 0 Å². The molecule has 0 radical (unpaired) electrons. The number of nitriles is 1. The van der Waals surface area contributed by atoms with Crippen LogP contribution in [-0.2, 0) is 6.42 Å². The van der Waals surface area contributed by atoms with Gasteiger partial charge in [0.1, 0.15) is 0 Å². The van der Waals surface area contributed by atoms with Gasteiger partial charge in [0.25, 0.3) is 0 Å². The van der Waals surface area contributed by atoms with E-state index >= 15 is 0 Å². The molecule has 0 atom stereocenters. The lowest BCUT2D eigenvalue weighted by Gasteiger charge is -2.35. The zero-order valence-electron chi connectivity index (χ0n) is 17.5. The second-order valence-corrected chi connectivity index (χ2v) is 8.41. The van der Waals surface area contributed by atoms with Crippen molar-refractivity contribution in [2.24, 2.45) is 5.41 Å². The molecule has 3 heteroatoms. The van der Waals surface area contributed by atoms with Gasteiger partial charge >= 0.3 is 0 Å². The molecular formula is C25H33N3. The van der Waals surface area contributed by atoms with Crippen LogP contribution in [-0.4, -0.2) is 9.97 Å². The first-order valence-corrected chi connectivity index (χ1v) is 11.0. The molecule has 3 rings (SSSR count). The zero-order chi connectivity index (χ0) is 19.8. The fourth-order valence-electron chi connectivity index (χ4n) is 4.35. The summed E-state index contributed by atoms with van der Waals surface area (Å²) in [6.45, 7) is 4.41. The molecule has 3 nitrogen and oxygen atoms in total. The highest BCUT2D eigenvalue weighted by Crippen LogP contribution is 2.45. The van der Waals surface area contributed by atoms with Crippen molar-refractivity contribution in [3.05, 3.63) is 47.8 Å². The summed E-state index contributed by atoms with van der Waals surface area (Å²) in [5.74, 6) is 1.38. The van der Waals surface area contributed by atoms with Crippen molar-refractivity contribution in [1.29, 1.82) is 5.26 Å². The van der Waals surface area contributed by atoms with E-state index in [0.717, 1.165) is 49.9 Å². The topological polar surface area (TPSA) is 49.6 Å². The monoisotopic (exact) mass is 375 g/mol. The Hall–Kier alpha value is -2.21. The van der Waals surface area contributed by atoms with Gasteiger partial charge in [-0.05, 0) is 62.0 Å². The summed E-state index contributed by atoms with van der Waals surface area (Å²) in [5, 5.41) is 9.69. The van der Waals surface area contributed by atoms with Crippen molar-refractivity contribution in [3.8, 4) is 17.5 Å². The van der Waals surface area contributed by atoms with Gasteiger partial charge in [0, 0.05) is 18.0 Å². The number of rotatable bonds is 8. The summed E-state index contributed by atoms with van der Waals surface area (Å²) in [6.07, 6.45) is 15.1. The minimum Gasteiger partial charge on any atom is -0.236 e. The SMILES string of the molecule is CCCCc1cnc(-c2ccc(C3CCC(C#N)(CCCC)CC3)cc2)nc1. The van der Waals surface area contributed by atoms with Crippen LogP contribution in [0.5, 0.6) is 0 Å². The first kappa shape index (κ1) is 20.5. The highest BCUT2D eigenvalue weighted by atomic mass is 14.9. The molecule has 1 aliphatic carbocycles. The Balaban J connectivity index is 1.61. The third-order valence-corrected chi connectivity index (χ3v) is 6.35. The average molecular weight is 376 g/mol. The van der Waals surface area contributed by atoms with E-state index in [4.69, 9.17) is 0 Å². The van der Waals surface area contributed by atoms with E-state index in [1.54, 1.807) is 0 Å². The number of aromatic nitrogens is 2. The molecule has 148 valence electrons. The standard InChI is InChI=1S/C25H33N3/c1-3-5-7-20-17-27-24(28-18-20)23-10-8-21(9-11-23)22-12-15-25(19-26,16-13-22)14-6-4-2/h8-11,17-18,22H,3-7,12-16H2,1-2H3. The summed E-state index contributed by atoms with van der Waals surface area (Å²) in [4.78, 5) is 9.11. The zero-order valence-corrected chi connectivity index (χ0v) is 17.5. The molecule has 1 aliphatic rings. The molecule has 1 saturated carbocycles. The van der Waals surface area contributed by atoms with Gasteiger partial charge in [0.15, 0.2) is 5.82 Å². The normalized spacial score (nSPS) is 22.0. The Labute approximate surface area is 170 Å². The predicted molar refractivity (Wildman–Crippen MR) is 115 cm³/mol. The minimum atomic E-state index is -0.0696. The Morgan fingerprint density at radius 1 is 1.00 bits per heavy atom. The molecule has 1 fully saturated rings. The predicted octanol–water partition coefficient (Wildman–Crippen LogP) is 6.84. The molecule has 0 spiro atoms. The minimum absolute atomic E-state index is 0.0696. The number of aryl methyl sites for hydroxylation is 1. The molecule has 1 aromatic carbocycles. The van der Waals surface area contributed by atoms with Crippen LogP contribution < -0.4 is 0 Å². The third kappa shape index (κ3) is 4.98. The molecule has 0 saturated heterocycles. The lowest BCUT2D eigenvalue weighted by Crippen LogP contribution is -2.25. The lowest BCUT2D eigenvalue weighted by molar-refractivity contribution is 0.224. The van der Waals surface area contributed by atoms with Crippen LogP contribution in [0.15, 0.2) is 36.7 Å². The summed E-state index contributed by atoms with van der Waals surface area (Å²) in [6, 6.07) is 11.4. The van der Waals surface area contributed by atoms with Crippen LogP contribution in [0.4, 0.5) is 0 Å². The molecule has 0 aliphatic heterocycles. The smallest absolute Gasteiger partial charge is 0.159 e. The Morgan fingerprint density at radius 3 is 2.21 bits per heavy atom. The Bertz CT molecular complexity index is 763. The van der Waals surface area contributed by atoms with Crippen molar-refractivity contribution in [2.75, 3.05) is 0 Å². The molecule has 0 bridgehead atoms. The first-order chi connectivity index (χ1) is 13.7. The Kier molecular flexibility index (Phi) is 7.20. The van der Waals surface area contributed by atoms with Gasteiger partial charge in [-0.25, -0.2) is 9.97 Å². The van der Waals surface area contributed by atoms with E-state index in [1.165, 1.54) is 36.8 Å². The van der Waals surface area contributed by atoms with Gasteiger partial charge < -0.3 is 0 Å². The molecule has 1 aromatic heterocycles. The lowest BCUT2D eigenvalue weighted by atomic mass is 9.67. The van der Waals surface area contributed by atoms with Crippen molar-refractivity contribution in [2.45, 2.75) is 84.0 Å². The van der Waals surface area contributed by atoms with Crippen LogP contribution in [0.3, 0.4) is 0 Å². The van der Waals surface area contributed by atoms with Gasteiger partial charge in [-0.2, -0.15) is 5.26 Å². The number of nitrogens with zero attached hydrogens (tertiary/aromatic N) is 3. The van der Waals surface area contributed by atoms with Gasteiger partial charge in [0.2, 0.25) is 0 Å². The van der Waals surface area contributed by atoms with Crippen LogP contribution in [0.2, 0.25) is 0 Å². The number of hydrogen-bond acceptors (Lipinski definition) is 3. The molecule has 1 heterocycles. The molecule has 28 heavy (non-hydrogen) atoms. The second-order valence-electron chi connectivity index (χ2n) is 8.41. The van der Waals surface area contributed by atoms with Crippen molar-refractivity contribution < 1.29 is 0 Å². The quantitative estimate of drug-likeness (QED) is 0.507. The van der Waals surface area contributed by atoms with Gasteiger partial charge in [0.05, 0.1) is 11.5 Å². The maximum absolute atomic E-state index is 9.69. The summed E-state index contributed by atoms with van der Waals surface area (Å²) < 4.78 is 0. The molecular weight excluding hydrogens is 342 g/mol. The van der Waals surface area contributed by atoms with E-state index in [9.17, 15) is 5.26 Å². The van der Waals surface area contributed by atoms with Crippen molar-refractivity contribution in [1.82, 2.24) is 9.97 Å². The highest BCUT2D eigenvalue weighted by molar-refractivity contribution is 5.55. The number of unbranched alkanes of at least 4 members (excludes halogenated alkanes) is 2. The van der Waals surface area contributed by atoms with E-state index in [0.29, 0.717) is 5.92 Å². The largest absolute Gasteiger partial charge is 0.236 e. The Morgan fingerprint density at radius 2 is 1.64 bits per heavy atom. The van der Waals surface area contributed by atoms with Crippen LogP contribution in [0.25, 0.3) is 11.4 Å². The average Bonchev–Trinajstić information content (AvgIpc) is 2.77. The van der Waals surface area contributed by atoms with Crippen molar-refractivity contribution in [3.63, 3.8) is 0 Å². The third-order valence-electron chi connectivity index (χ3n) is 6.35. The summed E-state index contributed by atoms with van der Waals surface area (Å²) in [7, 11) is 0. The molecule has 0 amide bonds. The van der Waals surface area contributed by atoms with E-state index in [-0.39, 0.29) is 5.41 Å². The number of hydrogen-bond donors (Lipinski definition) is 0. The van der Waals surface area contributed by atoms with Gasteiger partial charge in [-0.15, -0.1) is 0 Å². The summed E-state index contributed by atoms with van der Waals surface area (Å²) in [5.41, 5.74) is 3.62. The van der Waals surface area contributed by atoms with Crippen LogP contribution in [0.1, 0.15) is 88.7 Å². The fourth-order valence-corrected chi connectivity index (χ4v) is 4.35. The van der Waals surface area contributed by atoms with E-state index in [2.05, 4.69) is 54.2 Å². The fraction of sp³-hybridized carbons (Fsp3) is 0.560.